The highest BCUT2D eigenvalue weighted by molar-refractivity contribution is 5.65. The van der Waals surface area contributed by atoms with E-state index in [-0.39, 0.29) is 0 Å². The van der Waals surface area contributed by atoms with Crippen molar-refractivity contribution >= 4 is 11.5 Å². The van der Waals surface area contributed by atoms with Gasteiger partial charge in [0.05, 0.1) is 11.9 Å². The van der Waals surface area contributed by atoms with Gasteiger partial charge < -0.3 is 9.80 Å². The van der Waals surface area contributed by atoms with E-state index in [0.717, 1.165) is 24.6 Å². The Kier molecular flexibility index (Phi) is 2.52. The zero-order valence-electron chi connectivity index (χ0n) is 8.69. The summed E-state index contributed by atoms with van der Waals surface area (Å²) in [5.74, 6) is 1.02. The Balaban J connectivity index is 2.30. The number of rotatable bonds is 2. The molecule has 2 heterocycles. The van der Waals surface area contributed by atoms with Crippen LogP contribution in [0.25, 0.3) is 0 Å². The van der Waals surface area contributed by atoms with Crippen molar-refractivity contribution in [1.82, 2.24) is 9.97 Å². The fraction of sp³-hybridized carbons (Fsp3) is 0.600. The van der Waals surface area contributed by atoms with E-state index in [9.17, 15) is 0 Å². The number of anilines is 2. The highest BCUT2D eigenvalue weighted by Crippen LogP contribution is 2.26. The SMILES string of the molecule is CN(C)c1cn[c]nc1N1CCCC1. The summed E-state index contributed by atoms with van der Waals surface area (Å²) in [6, 6.07) is 0. The van der Waals surface area contributed by atoms with E-state index in [1.807, 2.05) is 25.2 Å². The van der Waals surface area contributed by atoms with E-state index in [1.165, 1.54) is 12.8 Å². The summed E-state index contributed by atoms with van der Waals surface area (Å²) >= 11 is 0. The molecule has 2 rings (SSSR count). The van der Waals surface area contributed by atoms with Gasteiger partial charge in [0.2, 0.25) is 0 Å². The Morgan fingerprint density at radius 3 is 2.71 bits per heavy atom. The summed E-state index contributed by atoms with van der Waals surface area (Å²) in [4.78, 5) is 12.5. The van der Waals surface area contributed by atoms with Crippen LogP contribution in [0, 0.1) is 6.33 Å². The molecule has 4 heteroatoms. The van der Waals surface area contributed by atoms with Crippen molar-refractivity contribution in [2.75, 3.05) is 37.0 Å². The minimum atomic E-state index is 1.02. The molecule has 1 aliphatic rings. The zero-order chi connectivity index (χ0) is 9.97. The van der Waals surface area contributed by atoms with Gasteiger partial charge in [-0.2, -0.15) is 0 Å². The first-order chi connectivity index (χ1) is 6.79. The molecule has 0 saturated carbocycles. The van der Waals surface area contributed by atoms with Crippen molar-refractivity contribution in [1.29, 1.82) is 0 Å². The van der Waals surface area contributed by atoms with Gasteiger partial charge in [0.25, 0.3) is 0 Å². The summed E-state index contributed by atoms with van der Waals surface area (Å²) in [6.45, 7) is 2.21. The summed E-state index contributed by atoms with van der Waals surface area (Å²) < 4.78 is 0. The molecule has 0 N–H and O–H groups in total. The molecule has 14 heavy (non-hydrogen) atoms. The minimum absolute atomic E-state index is 1.02. The van der Waals surface area contributed by atoms with Crippen LogP contribution in [0.3, 0.4) is 0 Å². The van der Waals surface area contributed by atoms with Crippen molar-refractivity contribution in [2.45, 2.75) is 12.8 Å². The van der Waals surface area contributed by atoms with Crippen molar-refractivity contribution in [3.63, 3.8) is 0 Å². The molecule has 1 aromatic heterocycles. The predicted molar refractivity (Wildman–Crippen MR) is 56.6 cm³/mol. The van der Waals surface area contributed by atoms with E-state index in [4.69, 9.17) is 0 Å². The van der Waals surface area contributed by atoms with E-state index < -0.39 is 0 Å². The topological polar surface area (TPSA) is 32.3 Å². The normalized spacial score (nSPS) is 16.0. The molecule has 0 spiro atoms. The predicted octanol–water partition coefficient (Wildman–Crippen LogP) is 0.943. The molecule has 0 bridgehead atoms. The fourth-order valence-electron chi connectivity index (χ4n) is 1.76. The van der Waals surface area contributed by atoms with Crippen LogP contribution < -0.4 is 9.80 Å². The number of aromatic nitrogens is 2. The lowest BCUT2D eigenvalue weighted by Gasteiger charge is -2.22. The smallest absolute Gasteiger partial charge is 0.199 e. The lowest BCUT2D eigenvalue weighted by molar-refractivity contribution is 0.912. The first-order valence-electron chi connectivity index (χ1n) is 4.94. The summed E-state index contributed by atoms with van der Waals surface area (Å²) in [5, 5.41) is 0. The molecule has 0 aliphatic carbocycles. The largest absolute Gasteiger partial charge is 0.373 e. The lowest BCUT2D eigenvalue weighted by atomic mass is 10.4. The van der Waals surface area contributed by atoms with Gasteiger partial charge in [0.1, 0.15) is 0 Å². The van der Waals surface area contributed by atoms with Crippen molar-refractivity contribution in [3.05, 3.63) is 12.5 Å². The monoisotopic (exact) mass is 191 g/mol. The minimum Gasteiger partial charge on any atom is -0.373 e. The standard InChI is InChI=1S/C10H15N4/c1-13(2)9-7-11-8-12-10(9)14-5-3-4-6-14/h7H,3-6H2,1-2H3. The van der Waals surface area contributed by atoms with E-state index in [1.54, 1.807) is 0 Å². The maximum absolute atomic E-state index is 4.23. The third-order valence-corrected chi connectivity index (χ3v) is 2.52. The maximum Gasteiger partial charge on any atom is 0.199 e. The van der Waals surface area contributed by atoms with Crippen molar-refractivity contribution in [2.24, 2.45) is 0 Å². The first kappa shape index (κ1) is 9.24. The van der Waals surface area contributed by atoms with Crippen LogP contribution in [0.1, 0.15) is 12.8 Å². The fourth-order valence-corrected chi connectivity index (χ4v) is 1.76. The Morgan fingerprint density at radius 2 is 2.07 bits per heavy atom. The maximum atomic E-state index is 4.23. The molecule has 0 amide bonds. The highest BCUT2D eigenvalue weighted by Gasteiger charge is 2.17. The van der Waals surface area contributed by atoms with Crippen molar-refractivity contribution < 1.29 is 0 Å². The van der Waals surface area contributed by atoms with Crippen LogP contribution >= 0.6 is 0 Å². The first-order valence-corrected chi connectivity index (χ1v) is 4.94. The Hall–Kier alpha value is -1.32. The quantitative estimate of drug-likeness (QED) is 0.696. The summed E-state index contributed by atoms with van der Waals surface area (Å²) in [7, 11) is 4.02. The van der Waals surface area contributed by atoms with Gasteiger partial charge in [-0.3, -0.25) is 0 Å². The number of hydrogen-bond acceptors (Lipinski definition) is 4. The Morgan fingerprint density at radius 1 is 1.36 bits per heavy atom. The molecule has 0 atom stereocenters. The molecule has 1 fully saturated rings. The molecule has 4 nitrogen and oxygen atoms in total. The van der Waals surface area contributed by atoms with E-state index >= 15 is 0 Å². The van der Waals surface area contributed by atoms with Crippen LogP contribution in [-0.2, 0) is 0 Å². The molecule has 1 radical (unpaired) electrons. The molecule has 1 saturated heterocycles. The Labute approximate surface area is 84.6 Å². The molecule has 75 valence electrons. The Bertz CT molecular complexity index is 305. The molecule has 1 aromatic rings. The second-order valence-corrected chi connectivity index (χ2v) is 3.77. The van der Waals surface area contributed by atoms with Crippen LogP contribution in [0.5, 0.6) is 0 Å². The van der Waals surface area contributed by atoms with Crippen LogP contribution in [-0.4, -0.2) is 37.2 Å². The third kappa shape index (κ3) is 1.64. The average Bonchev–Trinajstić information content (AvgIpc) is 2.70. The van der Waals surface area contributed by atoms with Gasteiger partial charge in [0, 0.05) is 27.2 Å². The summed E-state index contributed by atoms with van der Waals surface area (Å²) in [5.41, 5.74) is 1.07. The zero-order valence-corrected chi connectivity index (χ0v) is 8.69. The third-order valence-electron chi connectivity index (χ3n) is 2.52. The van der Waals surface area contributed by atoms with Crippen molar-refractivity contribution in [3.8, 4) is 0 Å². The van der Waals surface area contributed by atoms with Gasteiger partial charge in [0.15, 0.2) is 12.1 Å². The molecule has 1 aliphatic heterocycles. The van der Waals surface area contributed by atoms with Crippen LogP contribution in [0.2, 0.25) is 0 Å². The number of nitrogens with zero attached hydrogens (tertiary/aromatic N) is 4. The average molecular weight is 191 g/mol. The molecular weight excluding hydrogens is 176 g/mol. The number of hydrogen-bond donors (Lipinski definition) is 0. The van der Waals surface area contributed by atoms with Gasteiger partial charge in [-0.25, -0.2) is 9.97 Å². The van der Waals surface area contributed by atoms with Gasteiger partial charge >= 0.3 is 0 Å². The van der Waals surface area contributed by atoms with E-state index in [2.05, 4.69) is 21.2 Å². The van der Waals surface area contributed by atoms with E-state index in [0.29, 0.717) is 0 Å². The van der Waals surface area contributed by atoms with Gasteiger partial charge in [-0.05, 0) is 12.8 Å². The highest BCUT2D eigenvalue weighted by atomic mass is 15.2. The molecular formula is C10H15N4. The van der Waals surface area contributed by atoms with Gasteiger partial charge in [-0.15, -0.1) is 0 Å². The second-order valence-electron chi connectivity index (χ2n) is 3.77. The summed E-state index contributed by atoms with van der Waals surface area (Å²) in [6.07, 6.45) is 7.01. The van der Waals surface area contributed by atoms with Crippen LogP contribution in [0.4, 0.5) is 11.5 Å². The molecule has 0 unspecified atom stereocenters. The van der Waals surface area contributed by atoms with Gasteiger partial charge in [-0.1, -0.05) is 0 Å². The lowest BCUT2D eigenvalue weighted by Crippen LogP contribution is -2.23. The van der Waals surface area contributed by atoms with Crippen LogP contribution in [0.15, 0.2) is 6.20 Å². The molecule has 0 aromatic carbocycles. The second kappa shape index (κ2) is 3.82.